The summed E-state index contributed by atoms with van der Waals surface area (Å²) in [4.78, 5) is 0. The zero-order chi connectivity index (χ0) is 19.2. The second kappa shape index (κ2) is 9.37. The van der Waals surface area contributed by atoms with E-state index in [1.165, 1.54) is 19.3 Å². The minimum absolute atomic E-state index is 0.395. The number of benzene rings is 1. The van der Waals surface area contributed by atoms with Crippen molar-refractivity contribution < 1.29 is 9.47 Å². The summed E-state index contributed by atoms with van der Waals surface area (Å²) in [6.45, 7) is 4.87. The van der Waals surface area contributed by atoms with E-state index in [-0.39, 0.29) is 0 Å². The van der Waals surface area contributed by atoms with E-state index in [4.69, 9.17) is 33.3 Å². The van der Waals surface area contributed by atoms with E-state index in [0.29, 0.717) is 40.4 Å². The summed E-state index contributed by atoms with van der Waals surface area (Å²) in [5, 5.41) is 12.3. The van der Waals surface area contributed by atoms with Gasteiger partial charge in [0.1, 0.15) is 0 Å². The van der Waals surface area contributed by atoms with Crippen LogP contribution >= 0.6 is 23.8 Å². The normalized spacial score (nSPS) is 15.4. The minimum Gasteiger partial charge on any atom is -0.490 e. The van der Waals surface area contributed by atoms with Crippen molar-refractivity contribution in [3.8, 4) is 11.5 Å². The highest BCUT2D eigenvalue weighted by atomic mass is 35.5. The van der Waals surface area contributed by atoms with Crippen LogP contribution in [0.15, 0.2) is 17.2 Å². The first kappa shape index (κ1) is 19.9. The number of rotatable bonds is 7. The lowest BCUT2D eigenvalue weighted by atomic mass is 9.89. The van der Waals surface area contributed by atoms with Gasteiger partial charge >= 0.3 is 0 Å². The molecule has 6 nitrogen and oxygen atoms in total. The average Bonchev–Trinajstić information content (AvgIpc) is 3.04. The van der Waals surface area contributed by atoms with Gasteiger partial charge in [-0.05, 0) is 56.6 Å². The van der Waals surface area contributed by atoms with Crippen LogP contribution in [0.3, 0.4) is 0 Å². The van der Waals surface area contributed by atoms with E-state index in [1.54, 1.807) is 10.9 Å². The minimum atomic E-state index is 0.395. The molecule has 1 aliphatic carbocycles. The van der Waals surface area contributed by atoms with Crippen LogP contribution in [0.25, 0.3) is 0 Å². The van der Waals surface area contributed by atoms with E-state index >= 15 is 0 Å². The second-order valence-electron chi connectivity index (χ2n) is 6.47. The molecule has 0 saturated heterocycles. The highest BCUT2D eigenvalue weighted by Crippen LogP contribution is 2.36. The van der Waals surface area contributed by atoms with Gasteiger partial charge < -0.3 is 9.47 Å². The summed E-state index contributed by atoms with van der Waals surface area (Å²) in [5.41, 5.74) is 0.810. The number of aromatic amines is 1. The van der Waals surface area contributed by atoms with Crippen LogP contribution in [0.1, 0.15) is 63.3 Å². The van der Waals surface area contributed by atoms with Crippen LogP contribution in [0.4, 0.5) is 0 Å². The molecule has 1 saturated carbocycles. The van der Waals surface area contributed by atoms with Crippen LogP contribution in [0.5, 0.6) is 11.5 Å². The Bertz CT molecular complexity index is 856. The number of hydrogen-bond acceptors (Lipinski definition) is 5. The number of ether oxygens (including phenoxy) is 2. The molecule has 0 amide bonds. The van der Waals surface area contributed by atoms with E-state index in [0.717, 1.165) is 24.2 Å². The Morgan fingerprint density at radius 3 is 2.70 bits per heavy atom. The number of hydrogen-bond donors (Lipinski definition) is 1. The van der Waals surface area contributed by atoms with E-state index in [1.807, 2.05) is 26.0 Å². The Morgan fingerprint density at radius 2 is 2.00 bits per heavy atom. The zero-order valence-corrected chi connectivity index (χ0v) is 17.3. The van der Waals surface area contributed by atoms with Gasteiger partial charge in [-0.2, -0.15) is 14.9 Å². The molecule has 146 valence electrons. The highest BCUT2D eigenvalue weighted by molar-refractivity contribution is 7.71. The van der Waals surface area contributed by atoms with Gasteiger partial charge in [0.25, 0.3) is 0 Å². The summed E-state index contributed by atoms with van der Waals surface area (Å²) >= 11 is 11.7. The molecule has 3 rings (SSSR count). The smallest absolute Gasteiger partial charge is 0.216 e. The molecule has 0 bridgehead atoms. The lowest BCUT2D eigenvalue weighted by Gasteiger charge is -2.19. The number of halogens is 1. The summed E-state index contributed by atoms with van der Waals surface area (Å²) < 4.78 is 13.5. The maximum absolute atomic E-state index is 6.38. The third kappa shape index (κ3) is 4.71. The zero-order valence-electron chi connectivity index (χ0n) is 15.7. The lowest BCUT2D eigenvalue weighted by Crippen LogP contribution is -2.10. The Kier molecular flexibility index (Phi) is 6.90. The Balaban J connectivity index is 1.90. The molecule has 1 heterocycles. The summed E-state index contributed by atoms with van der Waals surface area (Å²) in [6.07, 6.45) is 7.70. The Hall–Kier alpha value is -1.86. The maximum Gasteiger partial charge on any atom is 0.216 e. The van der Waals surface area contributed by atoms with Crippen LogP contribution in [-0.4, -0.2) is 34.3 Å². The molecule has 8 heteroatoms. The summed E-state index contributed by atoms with van der Waals surface area (Å²) in [7, 11) is 0. The highest BCUT2D eigenvalue weighted by Gasteiger charge is 2.21. The molecular formula is C19H25ClN4O2S. The average molecular weight is 409 g/mol. The van der Waals surface area contributed by atoms with Crippen molar-refractivity contribution in [2.24, 2.45) is 5.10 Å². The first-order valence-corrected chi connectivity index (χ1v) is 10.2. The number of nitrogens with one attached hydrogen (secondary N) is 1. The third-order valence-corrected chi connectivity index (χ3v) is 5.13. The molecule has 2 aromatic rings. The second-order valence-corrected chi connectivity index (χ2v) is 7.27. The molecule has 1 aromatic carbocycles. The SMILES string of the molecule is CCOc1cc(/C=N\n2c(C3CCCCC3)n[nH]c2=S)cc(Cl)c1OCC. The standard InChI is InChI=1S/C19H25ClN4O2S/c1-3-25-16-11-13(10-15(20)17(16)26-4-2)12-21-24-18(22-23-19(24)27)14-8-6-5-7-9-14/h10-12,14H,3-9H2,1-2H3,(H,23,27)/b21-12-. The van der Waals surface area contributed by atoms with Gasteiger partial charge in [0, 0.05) is 5.92 Å². The van der Waals surface area contributed by atoms with Crippen LogP contribution in [-0.2, 0) is 0 Å². The molecular weight excluding hydrogens is 384 g/mol. The van der Waals surface area contributed by atoms with Crippen LogP contribution in [0, 0.1) is 4.77 Å². The Morgan fingerprint density at radius 1 is 1.26 bits per heavy atom. The molecule has 0 aliphatic heterocycles. The fourth-order valence-corrected chi connectivity index (χ4v) is 3.83. The van der Waals surface area contributed by atoms with Crippen LogP contribution in [0.2, 0.25) is 5.02 Å². The van der Waals surface area contributed by atoms with Gasteiger partial charge in [-0.25, -0.2) is 0 Å². The molecule has 1 N–H and O–H groups in total. The largest absolute Gasteiger partial charge is 0.490 e. The van der Waals surface area contributed by atoms with Crippen molar-refractivity contribution in [3.63, 3.8) is 0 Å². The predicted octanol–water partition coefficient (Wildman–Crippen LogP) is 5.32. The van der Waals surface area contributed by atoms with Gasteiger partial charge in [-0.1, -0.05) is 30.9 Å². The van der Waals surface area contributed by atoms with Gasteiger partial charge in [-0.15, -0.1) is 0 Å². The van der Waals surface area contributed by atoms with Crippen molar-refractivity contribution in [2.45, 2.75) is 51.9 Å². The van der Waals surface area contributed by atoms with E-state index in [2.05, 4.69) is 15.3 Å². The topological polar surface area (TPSA) is 64.4 Å². The molecule has 0 unspecified atom stereocenters. The van der Waals surface area contributed by atoms with Gasteiger partial charge in [0.05, 0.1) is 24.5 Å². The molecule has 1 aromatic heterocycles. The molecule has 0 atom stereocenters. The molecule has 0 spiro atoms. The third-order valence-electron chi connectivity index (χ3n) is 4.59. The molecule has 0 radical (unpaired) electrons. The van der Waals surface area contributed by atoms with Crippen LogP contribution < -0.4 is 9.47 Å². The summed E-state index contributed by atoms with van der Waals surface area (Å²) in [5.74, 6) is 2.46. The van der Waals surface area contributed by atoms with Crippen molar-refractivity contribution in [3.05, 3.63) is 33.3 Å². The molecule has 1 fully saturated rings. The maximum atomic E-state index is 6.38. The number of nitrogens with zero attached hydrogens (tertiary/aromatic N) is 3. The summed E-state index contributed by atoms with van der Waals surface area (Å²) in [6, 6.07) is 3.68. The van der Waals surface area contributed by atoms with Crippen molar-refractivity contribution in [1.82, 2.24) is 14.9 Å². The van der Waals surface area contributed by atoms with E-state index < -0.39 is 0 Å². The first-order chi connectivity index (χ1) is 13.1. The molecule has 27 heavy (non-hydrogen) atoms. The van der Waals surface area contributed by atoms with Crippen molar-refractivity contribution in [1.29, 1.82) is 0 Å². The lowest BCUT2D eigenvalue weighted by molar-refractivity contribution is 0.288. The van der Waals surface area contributed by atoms with Crippen molar-refractivity contribution in [2.75, 3.05) is 13.2 Å². The van der Waals surface area contributed by atoms with Gasteiger partial charge in [0.15, 0.2) is 17.3 Å². The number of aromatic nitrogens is 3. The fraction of sp³-hybridized carbons (Fsp3) is 0.526. The fourth-order valence-electron chi connectivity index (χ4n) is 3.37. The molecule has 1 aliphatic rings. The van der Waals surface area contributed by atoms with Gasteiger partial charge in [0.2, 0.25) is 4.77 Å². The van der Waals surface area contributed by atoms with E-state index in [9.17, 15) is 0 Å². The van der Waals surface area contributed by atoms with Crippen molar-refractivity contribution >= 4 is 30.0 Å². The number of H-pyrrole nitrogens is 1. The monoisotopic (exact) mass is 408 g/mol. The van der Waals surface area contributed by atoms with Gasteiger partial charge in [-0.3, -0.25) is 5.10 Å². The quantitative estimate of drug-likeness (QED) is 0.497. The predicted molar refractivity (Wildman–Crippen MR) is 110 cm³/mol. The Labute approximate surface area is 169 Å². The first-order valence-electron chi connectivity index (χ1n) is 9.44.